The van der Waals surface area contributed by atoms with Crippen molar-refractivity contribution in [1.82, 2.24) is 9.78 Å². The highest BCUT2D eigenvalue weighted by molar-refractivity contribution is 5.30. The normalized spacial score (nSPS) is 14.0. The second-order valence-electron chi connectivity index (χ2n) is 5.04. The van der Waals surface area contributed by atoms with Gasteiger partial charge in [0.15, 0.2) is 0 Å². The van der Waals surface area contributed by atoms with Gasteiger partial charge in [-0.25, -0.2) is 0 Å². The fourth-order valence-corrected chi connectivity index (χ4v) is 2.08. The molecule has 1 N–H and O–H groups in total. The van der Waals surface area contributed by atoms with Gasteiger partial charge in [-0.15, -0.1) is 0 Å². The van der Waals surface area contributed by atoms with Gasteiger partial charge in [-0.1, -0.05) is 19.1 Å². The van der Waals surface area contributed by atoms with Gasteiger partial charge in [0.25, 0.3) is 0 Å². The molecule has 0 fully saturated rings. The molecule has 0 aliphatic heterocycles. The van der Waals surface area contributed by atoms with E-state index in [1.54, 1.807) is 7.11 Å². The third-order valence-electron chi connectivity index (χ3n) is 3.59. The van der Waals surface area contributed by atoms with E-state index in [0.717, 1.165) is 23.4 Å². The Balaban J connectivity index is 2.07. The van der Waals surface area contributed by atoms with Gasteiger partial charge >= 0.3 is 0 Å². The Morgan fingerprint density at radius 1 is 1.35 bits per heavy atom. The van der Waals surface area contributed by atoms with Gasteiger partial charge in [0, 0.05) is 18.7 Å². The number of aliphatic hydroxyl groups excluding tert-OH is 1. The number of hydrogen-bond donors (Lipinski definition) is 1. The zero-order valence-electron chi connectivity index (χ0n) is 12.3. The van der Waals surface area contributed by atoms with Crippen LogP contribution in [0.1, 0.15) is 43.7 Å². The number of benzene rings is 1. The molecule has 1 heterocycles. The Labute approximate surface area is 120 Å². The molecule has 4 nitrogen and oxygen atoms in total. The SMILES string of the molecule is CCC(C)n1ccc(CC(O)c2cccc(OC)c2)n1. The quantitative estimate of drug-likeness (QED) is 0.880. The van der Waals surface area contributed by atoms with E-state index in [2.05, 4.69) is 18.9 Å². The summed E-state index contributed by atoms with van der Waals surface area (Å²) in [5.74, 6) is 0.756. The molecule has 20 heavy (non-hydrogen) atoms. The van der Waals surface area contributed by atoms with E-state index in [1.165, 1.54) is 0 Å². The van der Waals surface area contributed by atoms with Crippen LogP contribution in [0.25, 0.3) is 0 Å². The Morgan fingerprint density at radius 2 is 2.15 bits per heavy atom. The molecule has 2 unspecified atom stereocenters. The van der Waals surface area contributed by atoms with Crippen LogP contribution in [0.2, 0.25) is 0 Å². The topological polar surface area (TPSA) is 47.3 Å². The van der Waals surface area contributed by atoms with Crippen molar-refractivity contribution < 1.29 is 9.84 Å². The number of rotatable bonds is 6. The Kier molecular flexibility index (Phi) is 4.79. The predicted molar refractivity (Wildman–Crippen MR) is 78.9 cm³/mol. The third kappa shape index (κ3) is 3.39. The lowest BCUT2D eigenvalue weighted by Gasteiger charge is -2.11. The summed E-state index contributed by atoms with van der Waals surface area (Å²) in [6, 6.07) is 9.87. The third-order valence-corrected chi connectivity index (χ3v) is 3.59. The average molecular weight is 274 g/mol. The average Bonchev–Trinajstić information content (AvgIpc) is 2.95. The van der Waals surface area contributed by atoms with Crippen molar-refractivity contribution in [1.29, 1.82) is 0 Å². The number of methoxy groups -OCH3 is 1. The Hall–Kier alpha value is -1.81. The molecule has 0 amide bonds. The molecule has 2 aromatic rings. The first-order valence-electron chi connectivity index (χ1n) is 7.00. The minimum Gasteiger partial charge on any atom is -0.497 e. The number of aromatic nitrogens is 2. The monoisotopic (exact) mass is 274 g/mol. The van der Waals surface area contributed by atoms with Crippen molar-refractivity contribution in [2.75, 3.05) is 7.11 Å². The van der Waals surface area contributed by atoms with E-state index in [0.29, 0.717) is 12.5 Å². The maximum absolute atomic E-state index is 10.3. The predicted octanol–water partition coefficient (Wildman–Crippen LogP) is 3.14. The molecule has 0 aliphatic carbocycles. The van der Waals surface area contributed by atoms with E-state index in [9.17, 15) is 5.11 Å². The first-order chi connectivity index (χ1) is 9.63. The van der Waals surface area contributed by atoms with Crippen LogP contribution in [-0.4, -0.2) is 22.0 Å². The lowest BCUT2D eigenvalue weighted by atomic mass is 10.0. The molecule has 0 saturated heterocycles. The van der Waals surface area contributed by atoms with Crippen molar-refractivity contribution in [3.63, 3.8) is 0 Å². The Bertz CT molecular complexity index is 551. The summed E-state index contributed by atoms with van der Waals surface area (Å²) in [7, 11) is 1.62. The largest absolute Gasteiger partial charge is 0.497 e. The van der Waals surface area contributed by atoms with Crippen LogP contribution >= 0.6 is 0 Å². The Morgan fingerprint density at radius 3 is 2.85 bits per heavy atom. The summed E-state index contributed by atoms with van der Waals surface area (Å²) < 4.78 is 7.13. The van der Waals surface area contributed by atoms with Gasteiger partial charge in [0.2, 0.25) is 0 Å². The number of aliphatic hydroxyl groups is 1. The highest BCUT2D eigenvalue weighted by Gasteiger charge is 2.12. The van der Waals surface area contributed by atoms with Crippen molar-refractivity contribution in [3.8, 4) is 5.75 Å². The highest BCUT2D eigenvalue weighted by Crippen LogP contribution is 2.22. The second-order valence-corrected chi connectivity index (χ2v) is 5.04. The molecular weight excluding hydrogens is 252 g/mol. The maximum Gasteiger partial charge on any atom is 0.119 e. The van der Waals surface area contributed by atoms with Gasteiger partial charge in [-0.3, -0.25) is 4.68 Å². The molecule has 108 valence electrons. The van der Waals surface area contributed by atoms with Crippen LogP contribution in [0, 0.1) is 0 Å². The van der Waals surface area contributed by atoms with Crippen LogP contribution in [0.3, 0.4) is 0 Å². The molecule has 0 spiro atoms. The lowest BCUT2D eigenvalue weighted by Crippen LogP contribution is -2.07. The molecular formula is C16H22N2O2. The lowest BCUT2D eigenvalue weighted by molar-refractivity contribution is 0.176. The molecule has 1 aromatic heterocycles. The summed E-state index contributed by atoms with van der Waals surface area (Å²) in [6.45, 7) is 4.27. The molecule has 2 atom stereocenters. The smallest absolute Gasteiger partial charge is 0.119 e. The molecule has 0 aliphatic rings. The van der Waals surface area contributed by atoms with Crippen LogP contribution in [0.15, 0.2) is 36.5 Å². The summed E-state index contributed by atoms with van der Waals surface area (Å²) in [5, 5.41) is 14.8. The van der Waals surface area contributed by atoms with Gasteiger partial charge in [-0.05, 0) is 37.1 Å². The fourth-order valence-electron chi connectivity index (χ4n) is 2.08. The van der Waals surface area contributed by atoms with E-state index in [-0.39, 0.29) is 0 Å². The summed E-state index contributed by atoms with van der Waals surface area (Å²) >= 11 is 0. The number of nitrogens with zero attached hydrogens (tertiary/aromatic N) is 2. The van der Waals surface area contributed by atoms with Crippen molar-refractivity contribution in [2.24, 2.45) is 0 Å². The van der Waals surface area contributed by atoms with Gasteiger partial charge in [0.1, 0.15) is 5.75 Å². The van der Waals surface area contributed by atoms with E-state index in [1.807, 2.05) is 41.2 Å². The van der Waals surface area contributed by atoms with Gasteiger partial charge in [-0.2, -0.15) is 5.10 Å². The molecule has 0 radical (unpaired) electrons. The zero-order valence-corrected chi connectivity index (χ0v) is 12.3. The fraction of sp³-hybridized carbons (Fsp3) is 0.438. The minimum atomic E-state index is -0.564. The van der Waals surface area contributed by atoms with Crippen molar-refractivity contribution in [3.05, 3.63) is 47.8 Å². The first kappa shape index (κ1) is 14.6. The van der Waals surface area contributed by atoms with Gasteiger partial charge in [0.05, 0.1) is 18.9 Å². The molecule has 0 bridgehead atoms. The van der Waals surface area contributed by atoms with Crippen LogP contribution in [0.4, 0.5) is 0 Å². The van der Waals surface area contributed by atoms with Crippen molar-refractivity contribution >= 4 is 0 Å². The van der Waals surface area contributed by atoms with Crippen molar-refractivity contribution in [2.45, 2.75) is 38.8 Å². The summed E-state index contributed by atoms with van der Waals surface area (Å²) in [4.78, 5) is 0. The number of ether oxygens (including phenoxy) is 1. The molecule has 1 aromatic carbocycles. The highest BCUT2D eigenvalue weighted by atomic mass is 16.5. The molecule has 0 saturated carbocycles. The van der Waals surface area contributed by atoms with Crippen LogP contribution < -0.4 is 4.74 Å². The van der Waals surface area contributed by atoms with E-state index < -0.39 is 6.10 Å². The summed E-state index contributed by atoms with van der Waals surface area (Å²) in [6.07, 6.45) is 2.96. The molecule has 2 rings (SSSR count). The van der Waals surface area contributed by atoms with E-state index in [4.69, 9.17) is 4.74 Å². The van der Waals surface area contributed by atoms with Crippen LogP contribution in [0.5, 0.6) is 5.75 Å². The first-order valence-corrected chi connectivity index (χ1v) is 7.00. The second kappa shape index (κ2) is 6.57. The zero-order chi connectivity index (χ0) is 14.5. The minimum absolute atomic E-state index is 0.387. The maximum atomic E-state index is 10.3. The summed E-state index contributed by atoms with van der Waals surface area (Å²) in [5.41, 5.74) is 1.75. The number of hydrogen-bond acceptors (Lipinski definition) is 3. The van der Waals surface area contributed by atoms with Gasteiger partial charge < -0.3 is 9.84 Å². The molecule has 4 heteroatoms. The van der Waals surface area contributed by atoms with Crippen LogP contribution in [-0.2, 0) is 6.42 Å². The van der Waals surface area contributed by atoms with E-state index >= 15 is 0 Å². The standard InChI is InChI=1S/C16H22N2O2/c1-4-12(2)18-9-8-14(17-18)11-16(19)13-6-5-7-15(10-13)20-3/h5-10,12,16,19H,4,11H2,1-3H3.